The highest BCUT2D eigenvalue weighted by Gasteiger charge is 2.09. The van der Waals surface area contributed by atoms with Crippen molar-refractivity contribution < 1.29 is 9.53 Å². The van der Waals surface area contributed by atoms with Crippen LogP contribution in [0.2, 0.25) is 0 Å². The van der Waals surface area contributed by atoms with Crippen molar-refractivity contribution in [1.29, 1.82) is 0 Å². The van der Waals surface area contributed by atoms with Crippen LogP contribution in [-0.4, -0.2) is 22.8 Å². The van der Waals surface area contributed by atoms with Crippen molar-refractivity contribution in [2.24, 2.45) is 0 Å². The first kappa shape index (κ1) is 11.0. The van der Waals surface area contributed by atoms with Gasteiger partial charge < -0.3 is 4.74 Å². The Labute approximate surface area is 107 Å². The van der Waals surface area contributed by atoms with Gasteiger partial charge in [-0.3, -0.25) is 9.20 Å². The molecule has 0 amide bonds. The maximum atomic E-state index is 10.7. The van der Waals surface area contributed by atoms with E-state index < -0.39 is 0 Å². The van der Waals surface area contributed by atoms with Crippen LogP contribution in [-0.2, 0) is 0 Å². The van der Waals surface area contributed by atoms with E-state index >= 15 is 0 Å². The van der Waals surface area contributed by atoms with E-state index in [1.165, 1.54) is 11.3 Å². The van der Waals surface area contributed by atoms with Gasteiger partial charge in [0.1, 0.15) is 11.4 Å². The lowest BCUT2D eigenvalue weighted by molar-refractivity contribution is 0.111. The minimum atomic E-state index is 0.455. The van der Waals surface area contributed by atoms with Crippen molar-refractivity contribution in [3.8, 4) is 17.0 Å². The number of fused-ring (bicyclic) bond motifs is 1. The number of nitrogens with zero attached hydrogens (tertiary/aromatic N) is 2. The number of rotatable bonds is 3. The van der Waals surface area contributed by atoms with Gasteiger partial charge in [0.05, 0.1) is 12.8 Å². The average Bonchev–Trinajstić information content (AvgIpc) is 2.98. The van der Waals surface area contributed by atoms with E-state index in [0.717, 1.165) is 28.3 Å². The van der Waals surface area contributed by atoms with E-state index in [4.69, 9.17) is 4.74 Å². The minimum absolute atomic E-state index is 0.455. The number of benzene rings is 1. The molecule has 90 valence electrons. The molecule has 2 heterocycles. The quantitative estimate of drug-likeness (QED) is 0.678. The van der Waals surface area contributed by atoms with Crippen LogP contribution in [0.1, 0.15) is 10.5 Å². The van der Waals surface area contributed by atoms with Crippen molar-refractivity contribution in [3.05, 3.63) is 41.5 Å². The van der Waals surface area contributed by atoms with Crippen LogP contribution < -0.4 is 4.74 Å². The summed E-state index contributed by atoms with van der Waals surface area (Å²) < 4.78 is 7.06. The first-order valence-corrected chi connectivity index (χ1v) is 6.26. The molecule has 0 aliphatic carbocycles. The van der Waals surface area contributed by atoms with Crippen LogP contribution in [0, 0.1) is 0 Å². The highest BCUT2D eigenvalue weighted by molar-refractivity contribution is 7.15. The standard InChI is InChI=1S/C13H10N2O2S/c1-17-11-4-2-9(3-5-11)12-8-18-13-14-10(7-16)6-15(12)13/h2-8H,1H3. The van der Waals surface area contributed by atoms with Crippen LogP contribution in [0.3, 0.4) is 0 Å². The highest BCUT2D eigenvalue weighted by Crippen LogP contribution is 2.27. The van der Waals surface area contributed by atoms with Gasteiger partial charge in [-0.2, -0.15) is 0 Å². The number of ether oxygens (including phenoxy) is 1. The zero-order chi connectivity index (χ0) is 12.5. The summed E-state index contributed by atoms with van der Waals surface area (Å²) in [5, 5.41) is 2.03. The molecule has 0 unspecified atom stereocenters. The summed E-state index contributed by atoms with van der Waals surface area (Å²) in [4.78, 5) is 15.7. The molecular formula is C13H10N2O2S. The van der Waals surface area contributed by atoms with Gasteiger partial charge in [0.2, 0.25) is 0 Å². The molecule has 0 saturated carbocycles. The predicted molar refractivity (Wildman–Crippen MR) is 70.4 cm³/mol. The number of methoxy groups -OCH3 is 1. The van der Waals surface area contributed by atoms with E-state index in [1.54, 1.807) is 13.3 Å². The molecule has 3 aromatic rings. The van der Waals surface area contributed by atoms with Crippen LogP contribution >= 0.6 is 11.3 Å². The molecule has 18 heavy (non-hydrogen) atoms. The van der Waals surface area contributed by atoms with Crippen LogP contribution in [0.4, 0.5) is 0 Å². The Kier molecular flexibility index (Phi) is 2.60. The molecule has 0 fully saturated rings. The van der Waals surface area contributed by atoms with Gasteiger partial charge in [-0.15, -0.1) is 11.3 Å². The van der Waals surface area contributed by atoms with Crippen LogP contribution in [0.5, 0.6) is 5.75 Å². The third-order valence-corrected chi connectivity index (χ3v) is 3.57. The molecule has 0 aliphatic rings. The summed E-state index contributed by atoms with van der Waals surface area (Å²) in [6.45, 7) is 0. The molecule has 0 aliphatic heterocycles. The van der Waals surface area contributed by atoms with Crippen molar-refractivity contribution in [1.82, 2.24) is 9.38 Å². The van der Waals surface area contributed by atoms with Crippen molar-refractivity contribution in [2.45, 2.75) is 0 Å². The molecule has 3 rings (SSSR count). The predicted octanol–water partition coefficient (Wildman–Crippen LogP) is 2.88. The summed E-state index contributed by atoms with van der Waals surface area (Å²) in [5.41, 5.74) is 2.55. The Morgan fingerprint density at radius 2 is 2.11 bits per heavy atom. The Hall–Kier alpha value is -2.14. The molecule has 0 saturated heterocycles. The fourth-order valence-electron chi connectivity index (χ4n) is 1.83. The number of thiazole rings is 1. The van der Waals surface area contributed by atoms with Crippen molar-refractivity contribution in [3.63, 3.8) is 0 Å². The normalized spacial score (nSPS) is 10.7. The van der Waals surface area contributed by atoms with Gasteiger partial charge in [0.25, 0.3) is 0 Å². The molecule has 2 aromatic heterocycles. The Balaban J connectivity index is 2.11. The monoisotopic (exact) mass is 258 g/mol. The third kappa shape index (κ3) is 1.69. The number of aromatic nitrogens is 2. The number of imidazole rings is 1. The smallest absolute Gasteiger partial charge is 0.194 e. The van der Waals surface area contributed by atoms with Gasteiger partial charge >= 0.3 is 0 Å². The number of carbonyl (C=O) groups is 1. The fourth-order valence-corrected chi connectivity index (χ4v) is 2.72. The lowest BCUT2D eigenvalue weighted by Gasteiger charge is -2.02. The summed E-state index contributed by atoms with van der Waals surface area (Å²) >= 11 is 1.52. The number of aldehydes is 1. The van der Waals surface area contributed by atoms with Gasteiger partial charge in [0.15, 0.2) is 11.2 Å². The lowest BCUT2D eigenvalue weighted by Crippen LogP contribution is -1.85. The zero-order valence-electron chi connectivity index (χ0n) is 9.66. The van der Waals surface area contributed by atoms with Gasteiger partial charge in [-0.05, 0) is 29.8 Å². The zero-order valence-corrected chi connectivity index (χ0v) is 10.5. The maximum absolute atomic E-state index is 10.7. The van der Waals surface area contributed by atoms with E-state index in [1.807, 2.05) is 34.0 Å². The first-order chi connectivity index (χ1) is 8.81. The molecule has 0 radical (unpaired) electrons. The molecular weight excluding hydrogens is 248 g/mol. The molecule has 0 atom stereocenters. The molecule has 0 bridgehead atoms. The molecule has 1 aromatic carbocycles. The topological polar surface area (TPSA) is 43.6 Å². The number of carbonyl (C=O) groups excluding carboxylic acids is 1. The molecule has 0 spiro atoms. The second-order valence-electron chi connectivity index (χ2n) is 3.79. The van der Waals surface area contributed by atoms with Gasteiger partial charge in [-0.1, -0.05) is 0 Å². The lowest BCUT2D eigenvalue weighted by atomic mass is 10.2. The fraction of sp³-hybridized carbons (Fsp3) is 0.0769. The largest absolute Gasteiger partial charge is 0.497 e. The Bertz CT molecular complexity index is 697. The minimum Gasteiger partial charge on any atom is -0.497 e. The molecule has 0 N–H and O–H groups in total. The van der Waals surface area contributed by atoms with Crippen LogP contribution in [0.25, 0.3) is 16.2 Å². The van der Waals surface area contributed by atoms with Gasteiger partial charge in [0, 0.05) is 11.6 Å². The Morgan fingerprint density at radius 3 is 2.78 bits per heavy atom. The maximum Gasteiger partial charge on any atom is 0.194 e. The summed E-state index contributed by atoms with van der Waals surface area (Å²) in [5.74, 6) is 0.824. The van der Waals surface area contributed by atoms with Gasteiger partial charge in [-0.25, -0.2) is 4.98 Å². The van der Waals surface area contributed by atoms with E-state index in [2.05, 4.69) is 4.98 Å². The third-order valence-electron chi connectivity index (χ3n) is 2.73. The van der Waals surface area contributed by atoms with E-state index in [-0.39, 0.29) is 0 Å². The number of hydrogen-bond acceptors (Lipinski definition) is 4. The first-order valence-electron chi connectivity index (χ1n) is 5.38. The SMILES string of the molecule is COc1ccc(-c2csc3nc(C=O)cn23)cc1. The molecule has 5 heteroatoms. The molecule has 4 nitrogen and oxygen atoms in total. The second kappa shape index (κ2) is 4.27. The van der Waals surface area contributed by atoms with E-state index in [9.17, 15) is 4.79 Å². The van der Waals surface area contributed by atoms with Crippen LogP contribution in [0.15, 0.2) is 35.8 Å². The Morgan fingerprint density at radius 1 is 1.33 bits per heavy atom. The van der Waals surface area contributed by atoms with E-state index in [0.29, 0.717) is 5.69 Å². The average molecular weight is 258 g/mol. The summed E-state index contributed by atoms with van der Waals surface area (Å²) in [6.07, 6.45) is 2.51. The second-order valence-corrected chi connectivity index (χ2v) is 4.62. The van der Waals surface area contributed by atoms with Crippen molar-refractivity contribution >= 4 is 22.6 Å². The summed E-state index contributed by atoms with van der Waals surface area (Å²) in [6, 6.07) is 7.80. The van der Waals surface area contributed by atoms with Crippen molar-refractivity contribution in [2.75, 3.05) is 7.11 Å². The summed E-state index contributed by atoms with van der Waals surface area (Å²) in [7, 11) is 1.64. The number of hydrogen-bond donors (Lipinski definition) is 0. The highest BCUT2D eigenvalue weighted by atomic mass is 32.1.